The third-order valence-corrected chi connectivity index (χ3v) is 1.67. The number of hydrogen-bond acceptors (Lipinski definition) is 7. The summed E-state index contributed by atoms with van der Waals surface area (Å²) in [7, 11) is 0. The van der Waals surface area contributed by atoms with Crippen molar-refractivity contribution in [2.75, 3.05) is 11.9 Å². The fraction of sp³-hybridized carbons (Fsp3) is 0.556. The van der Waals surface area contributed by atoms with Crippen molar-refractivity contribution in [3.05, 3.63) is 5.28 Å². The van der Waals surface area contributed by atoms with E-state index in [-0.39, 0.29) is 29.8 Å². The summed E-state index contributed by atoms with van der Waals surface area (Å²) in [5.41, 5.74) is 0. The van der Waals surface area contributed by atoms with E-state index in [9.17, 15) is 4.79 Å². The van der Waals surface area contributed by atoms with E-state index in [2.05, 4.69) is 35.2 Å². The van der Waals surface area contributed by atoms with Crippen LogP contribution in [-0.4, -0.2) is 33.7 Å². The average molecular weight is 273 g/mol. The molecule has 8 nitrogen and oxygen atoms in total. The maximum absolute atomic E-state index is 11.0. The van der Waals surface area contributed by atoms with Gasteiger partial charge in [-0.25, -0.2) is 4.79 Å². The van der Waals surface area contributed by atoms with Crippen molar-refractivity contribution in [2.24, 2.45) is 10.2 Å². The lowest BCUT2D eigenvalue weighted by molar-refractivity contribution is 0.161. The number of hydrogen-bond donors (Lipinski definition) is 1. The zero-order valence-electron chi connectivity index (χ0n) is 10.2. The maximum atomic E-state index is 11.0. The molecule has 0 saturated carbocycles. The molecule has 0 spiro atoms. The van der Waals surface area contributed by atoms with Crippen molar-refractivity contribution in [3.8, 4) is 0 Å². The van der Waals surface area contributed by atoms with Gasteiger partial charge in [-0.15, -0.1) is 5.11 Å². The second-order valence-corrected chi connectivity index (χ2v) is 3.76. The highest BCUT2D eigenvalue weighted by atomic mass is 35.5. The van der Waals surface area contributed by atoms with Gasteiger partial charge in [-0.1, -0.05) is 5.11 Å². The zero-order valence-corrected chi connectivity index (χ0v) is 11.0. The highest BCUT2D eigenvalue weighted by Crippen LogP contribution is 2.13. The summed E-state index contributed by atoms with van der Waals surface area (Å²) >= 11 is 5.69. The van der Waals surface area contributed by atoms with Crippen LogP contribution in [0.1, 0.15) is 20.8 Å². The summed E-state index contributed by atoms with van der Waals surface area (Å²) in [6.45, 7) is 5.71. The molecule has 0 aliphatic carbocycles. The highest BCUT2D eigenvalue weighted by molar-refractivity contribution is 6.28. The standard InChI is InChI=1S/C9H13ClN6O2/c1-4-18-9(17)16-15-8-13-6(10)12-7(14-8)11-5(2)3/h5H,4H2,1-3H3,(H,11,12,13,14)/b16-15-. The van der Waals surface area contributed by atoms with Crippen LogP contribution in [0.25, 0.3) is 0 Å². The Morgan fingerprint density at radius 1 is 1.44 bits per heavy atom. The molecule has 0 saturated heterocycles. The summed E-state index contributed by atoms with van der Waals surface area (Å²) in [4.78, 5) is 22.4. The van der Waals surface area contributed by atoms with Crippen molar-refractivity contribution in [3.63, 3.8) is 0 Å². The molecule has 1 amide bonds. The lowest BCUT2D eigenvalue weighted by Gasteiger charge is -2.07. The van der Waals surface area contributed by atoms with Gasteiger partial charge in [-0.2, -0.15) is 15.0 Å². The zero-order chi connectivity index (χ0) is 13.5. The van der Waals surface area contributed by atoms with Crippen LogP contribution in [0.15, 0.2) is 10.2 Å². The first-order chi connectivity index (χ1) is 8.51. The van der Waals surface area contributed by atoms with Crippen LogP contribution in [0, 0.1) is 0 Å². The molecule has 1 heterocycles. The molecular formula is C9H13ClN6O2. The largest absolute Gasteiger partial charge is 0.452 e. The minimum atomic E-state index is -0.813. The fourth-order valence-electron chi connectivity index (χ4n) is 0.945. The van der Waals surface area contributed by atoms with Crippen molar-refractivity contribution in [2.45, 2.75) is 26.8 Å². The molecule has 9 heteroatoms. The predicted molar refractivity (Wildman–Crippen MR) is 65.1 cm³/mol. The molecule has 18 heavy (non-hydrogen) atoms. The van der Waals surface area contributed by atoms with E-state index in [0.29, 0.717) is 0 Å². The van der Waals surface area contributed by atoms with Gasteiger partial charge in [0.25, 0.3) is 5.95 Å². The van der Waals surface area contributed by atoms with Gasteiger partial charge in [0, 0.05) is 6.04 Å². The molecule has 0 fully saturated rings. The van der Waals surface area contributed by atoms with Gasteiger partial charge in [0.15, 0.2) is 0 Å². The van der Waals surface area contributed by atoms with Crippen LogP contribution in [0.4, 0.5) is 16.7 Å². The van der Waals surface area contributed by atoms with E-state index in [1.807, 2.05) is 13.8 Å². The molecule has 0 radical (unpaired) electrons. The first-order valence-electron chi connectivity index (χ1n) is 5.28. The molecule has 0 aliphatic heterocycles. The van der Waals surface area contributed by atoms with Crippen LogP contribution in [0.3, 0.4) is 0 Å². The molecule has 0 aromatic carbocycles. The van der Waals surface area contributed by atoms with Crippen molar-refractivity contribution >= 4 is 29.6 Å². The van der Waals surface area contributed by atoms with E-state index in [0.717, 1.165) is 0 Å². The lowest BCUT2D eigenvalue weighted by Crippen LogP contribution is -2.12. The Morgan fingerprint density at radius 3 is 2.78 bits per heavy atom. The van der Waals surface area contributed by atoms with Gasteiger partial charge in [0.2, 0.25) is 11.2 Å². The second kappa shape index (κ2) is 6.80. The predicted octanol–water partition coefficient (Wildman–Crippen LogP) is 2.59. The number of carbonyl (C=O) groups excluding carboxylic acids is 1. The van der Waals surface area contributed by atoms with Gasteiger partial charge in [0.05, 0.1) is 6.61 Å². The average Bonchev–Trinajstić information content (AvgIpc) is 2.25. The summed E-state index contributed by atoms with van der Waals surface area (Å²) in [6.07, 6.45) is -0.813. The number of rotatable bonds is 4. The first kappa shape index (κ1) is 14.2. The SMILES string of the molecule is CCOC(=O)/N=N\c1nc(Cl)nc(NC(C)C)n1. The second-order valence-electron chi connectivity index (χ2n) is 3.43. The molecule has 1 rings (SSSR count). The normalized spacial score (nSPS) is 10.9. The Morgan fingerprint density at radius 2 is 2.17 bits per heavy atom. The van der Waals surface area contributed by atoms with Crippen LogP contribution in [0.5, 0.6) is 0 Å². The molecular weight excluding hydrogens is 260 g/mol. The van der Waals surface area contributed by atoms with Gasteiger partial charge < -0.3 is 10.1 Å². The Bertz CT molecular complexity index is 451. The highest BCUT2D eigenvalue weighted by Gasteiger charge is 2.06. The Hall–Kier alpha value is -1.83. The fourth-order valence-corrected chi connectivity index (χ4v) is 1.10. The summed E-state index contributed by atoms with van der Waals surface area (Å²) in [6, 6.07) is 0.123. The van der Waals surface area contributed by atoms with E-state index in [1.54, 1.807) is 6.92 Å². The number of azo groups is 1. The molecule has 0 bridgehead atoms. The Balaban J connectivity index is 2.82. The molecule has 98 valence electrons. The first-order valence-corrected chi connectivity index (χ1v) is 5.65. The van der Waals surface area contributed by atoms with Gasteiger partial charge in [-0.3, -0.25) is 0 Å². The molecule has 1 aromatic heterocycles. The van der Waals surface area contributed by atoms with E-state index in [4.69, 9.17) is 11.6 Å². The quantitative estimate of drug-likeness (QED) is 0.845. The minimum absolute atomic E-state index is 0.0361. The number of halogens is 1. The topological polar surface area (TPSA) is 102 Å². The number of amides is 1. The van der Waals surface area contributed by atoms with Crippen LogP contribution < -0.4 is 5.32 Å². The number of anilines is 1. The number of carbonyl (C=O) groups is 1. The van der Waals surface area contributed by atoms with Gasteiger partial charge in [0.1, 0.15) is 0 Å². The number of nitrogens with one attached hydrogen (secondary N) is 1. The molecule has 0 aliphatic rings. The third-order valence-electron chi connectivity index (χ3n) is 1.50. The number of ether oxygens (including phenoxy) is 1. The molecule has 1 aromatic rings. The Kier molecular flexibility index (Phi) is 5.37. The summed E-state index contributed by atoms with van der Waals surface area (Å²) < 4.78 is 4.57. The van der Waals surface area contributed by atoms with E-state index < -0.39 is 6.09 Å². The van der Waals surface area contributed by atoms with Crippen molar-refractivity contribution in [1.82, 2.24) is 15.0 Å². The number of nitrogens with zero attached hydrogens (tertiary/aromatic N) is 5. The van der Waals surface area contributed by atoms with Crippen molar-refractivity contribution < 1.29 is 9.53 Å². The smallest absolute Gasteiger partial charge is 0.447 e. The third kappa shape index (κ3) is 5.00. The van der Waals surface area contributed by atoms with E-state index in [1.165, 1.54) is 0 Å². The van der Waals surface area contributed by atoms with Crippen LogP contribution in [0.2, 0.25) is 5.28 Å². The molecule has 1 N–H and O–H groups in total. The van der Waals surface area contributed by atoms with Gasteiger partial charge in [-0.05, 0) is 32.4 Å². The lowest BCUT2D eigenvalue weighted by atomic mass is 10.4. The van der Waals surface area contributed by atoms with E-state index >= 15 is 0 Å². The maximum Gasteiger partial charge on any atom is 0.452 e. The monoisotopic (exact) mass is 272 g/mol. The summed E-state index contributed by atoms with van der Waals surface area (Å²) in [5, 5.41) is 9.69. The summed E-state index contributed by atoms with van der Waals surface area (Å²) in [5.74, 6) is 0.203. The molecule has 0 atom stereocenters. The van der Waals surface area contributed by atoms with Gasteiger partial charge >= 0.3 is 6.09 Å². The number of aromatic nitrogens is 3. The van der Waals surface area contributed by atoms with Crippen LogP contribution in [-0.2, 0) is 4.74 Å². The molecule has 0 unspecified atom stereocenters. The minimum Gasteiger partial charge on any atom is -0.447 e. The van der Waals surface area contributed by atoms with Crippen molar-refractivity contribution in [1.29, 1.82) is 0 Å². The Labute approximate surface area is 109 Å². The van der Waals surface area contributed by atoms with Crippen LogP contribution >= 0.6 is 11.6 Å².